The molecule has 1 aliphatic rings. The lowest BCUT2D eigenvalue weighted by Crippen LogP contribution is -2.04. The van der Waals surface area contributed by atoms with E-state index in [1.54, 1.807) is 12.1 Å². The molecule has 0 fully saturated rings. The van der Waals surface area contributed by atoms with Gasteiger partial charge in [0.15, 0.2) is 6.29 Å². The first kappa shape index (κ1) is 15.4. The molecule has 0 spiro atoms. The summed E-state index contributed by atoms with van der Waals surface area (Å²) < 4.78 is 12.4. The van der Waals surface area contributed by atoms with Crippen molar-refractivity contribution in [1.82, 2.24) is 0 Å². The van der Waals surface area contributed by atoms with E-state index in [1.807, 2.05) is 12.1 Å². The van der Waals surface area contributed by atoms with E-state index >= 15 is 0 Å². The molecule has 0 saturated heterocycles. The molecular formula is C17H14BrClO3. The van der Waals surface area contributed by atoms with Gasteiger partial charge >= 0.3 is 0 Å². The Hall–Kier alpha value is -1.52. The van der Waals surface area contributed by atoms with Crippen LogP contribution in [0.15, 0.2) is 34.8 Å². The number of methoxy groups -OCH3 is 1. The lowest BCUT2D eigenvalue weighted by molar-refractivity contribution is 0.112. The Labute approximate surface area is 142 Å². The van der Waals surface area contributed by atoms with Crippen LogP contribution < -0.4 is 9.47 Å². The minimum absolute atomic E-state index is 0.0446. The molecule has 5 heteroatoms. The molecule has 3 nitrogen and oxygen atoms in total. The van der Waals surface area contributed by atoms with E-state index in [4.69, 9.17) is 21.1 Å². The Bertz CT molecular complexity index is 730. The second-order valence-corrected chi connectivity index (χ2v) is 6.36. The third kappa shape index (κ3) is 2.73. The normalized spacial score (nSPS) is 16.2. The minimum atomic E-state index is -0.0446. The second kappa shape index (κ2) is 6.31. The summed E-state index contributed by atoms with van der Waals surface area (Å²) in [5.41, 5.74) is 2.86. The first-order chi connectivity index (χ1) is 10.6. The highest BCUT2D eigenvalue weighted by atomic mass is 79.9. The number of ether oxygens (including phenoxy) is 2. The van der Waals surface area contributed by atoms with Gasteiger partial charge in [0.05, 0.1) is 17.7 Å². The zero-order valence-corrected chi connectivity index (χ0v) is 14.3. The first-order valence-corrected chi connectivity index (χ1v) is 8.07. The van der Waals surface area contributed by atoms with Gasteiger partial charge in [-0.1, -0.05) is 39.7 Å². The number of carbonyl (C=O) groups excluding carboxylic acids is 1. The van der Waals surface area contributed by atoms with Crippen molar-refractivity contribution in [2.24, 2.45) is 0 Å². The Kier molecular flexibility index (Phi) is 4.41. The van der Waals surface area contributed by atoms with Crippen LogP contribution in [0.2, 0.25) is 5.02 Å². The van der Waals surface area contributed by atoms with E-state index in [-0.39, 0.29) is 6.10 Å². The molecule has 22 heavy (non-hydrogen) atoms. The van der Waals surface area contributed by atoms with Crippen molar-refractivity contribution in [2.75, 3.05) is 7.11 Å². The number of halogens is 2. The SMILES string of the molecule is COc1cc(O[C@H]2CCc3c(Br)cccc32)c(Cl)cc1C=O. The molecule has 0 heterocycles. The van der Waals surface area contributed by atoms with Gasteiger partial charge in [-0.2, -0.15) is 0 Å². The molecule has 0 aliphatic heterocycles. The van der Waals surface area contributed by atoms with Crippen LogP contribution in [0.3, 0.4) is 0 Å². The van der Waals surface area contributed by atoms with Gasteiger partial charge in [-0.25, -0.2) is 0 Å². The van der Waals surface area contributed by atoms with Gasteiger partial charge < -0.3 is 9.47 Å². The highest BCUT2D eigenvalue weighted by molar-refractivity contribution is 9.10. The van der Waals surface area contributed by atoms with E-state index in [2.05, 4.69) is 22.0 Å². The fourth-order valence-electron chi connectivity index (χ4n) is 2.76. The van der Waals surface area contributed by atoms with E-state index in [0.29, 0.717) is 22.1 Å². The lowest BCUT2D eigenvalue weighted by Gasteiger charge is -2.17. The summed E-state index contributed by atoms with van der Waals surface area (Å²) in [5.74, 6) is 0.990. The topological polar surface area (TPSA) is 35.5 Å². The van der Waals surface area contributed by atoms with Crippen molar-refractivity contribution in [3.8, 4) is 11.5 Å². The molecule has 0 bridgehead atoms. The second-order valence-electron chi connectivity index (χ2n) is 5.10. The maximum Gasteiger partial charge on any atom is 0.153 e. The van der Waals surface area contributed by atoms with E-state index < -0.39 is 0 Å². The quantitative estimate of drug-likeness (QED) is 0.700. The van der Waals surface area contributed by atoms with Crippen molar-refractivity contribution in [3.63, 3.8) is 0 Å². The fourth-order valence-corrected chi connectivity index (χ4v) is 3.55. The van der Waals surface area contributed by atoms with Gasteiger partial charge in [0.25, 0.3) is 0 Å². The van der Waals surface area contributed by atoms with Crippen molar-refractivity contribution in [1.29, 1.82) is 0 Å². The number of benzene rings is 2. The number of rotatable bonds is 4. The Morgan fingerprint density at radius 2 is 2.14 bits per heavy atom. The molecule has 1 aliphatic carbocycles. The average Bonchev–Trinajstić information content (AvgIpc) is 2.93. The van der Waals surface area contributed by atoms with E-state index in [0.717, 1.165) is 23.6 Å². The molecule has 0 N–H and O–H groups in total. The third-order valence-electron chi connectivity index (χ3n) is 3.84. The van der Waals surface area contributed by atoms with Crippen LogP contribution in [0, 0.1) is 0 Å². The van der Waals surface area contributed by atoms with E-state index in [1.165, 1.54) is 18.2 Å². The zero-order valence-electron chi connectivity index (χ0n) is 11.9. The van der Waals surface area contributed by atoms with Crippen LogP contribution >= 0.6 is 27.5 Å². The summed E-state index contributed by atoms with van der Waals surface area (Å²) in [4.78, 5) is 11.0. The molecule has 2 aromatic rings. The molecule has 3 rings (SSSR count). The Balaban J connectivity index is 1.92. The molecule has 0 radical (unpaired) electrons. The van der Waals surface area contributed by atoms with Crippen molar-refractivity contribution in [2.45, 2.75) is 18.9 Å². The molecule has 2 aromatic carbocycles. The molecule has 114 valence electrons. The lowest BCUT2D eigenvalue weighted by atomic mass is 10.1. The summed E-state index contributed by atoms with van der Waals surface area (Å²) in [5, 5.41) is 0.409. The highest BCUT2D eigenvalue weighted by Crippen LogP contribution is 2.41. The molecular weight excluding hydrogens is 368 g/mol. The van der Waals surface area contributed by atoms with Gasteiger partial charge in [0, 0.05) is 10.5 Å². The Morgan fingerprint density at radius 3 is 2.86 bits per heavy atom. The molecule has 0 amide bonds. The summed E-state index contributed by atoms with van der Waals surface area (Å²) in [7, 11) is 1.52. The summed E-state index contributed by atoms with van der Waals surface area (Å²) in [6, 6.07) is 9.35. The molecule has 0 aromatic heterocycles. The first-order valence-electron chi connectivity index (χ1n) is 6.90. The van der Waals surface area contributed by atoms with Gasteiger partial charge in [0.2, 0.25) is 0 Å². The van der Waals surface area contributed by atoms with Crippen LogP contribution in [0.5, 0.6) is 11.5 Å². The smallest absolute Gasteiger partial charge is 0.153 e. The number of fused-ring (bicyclic) bond motifs is 1. The Morgan fingerprint density at radius 1 is 1.32 bits per heavy atom. The van der Waals surface area contributed by atoms with Crippen LogP contribution in [0.1, 0.15) is 34.0 Å². The summed E-state index contributed by atoms with van der Waals surface area (Å²) in [6.07, 6.45) is 2.53. The van der Waals surface area contributed by atoms with Gasteiger partial charge in [-0.05, 0) is 36.1 Å². The van der Waals surface area contributed by atoms with Crippen LogP contribution in [0.4, 0.5) is 0 Å². The third-order valence-corrected chi connectivity index (χ3v) is 4.88. The van der Waals surface area contributed by atoms with Crippen molar-refractivity contribution in [3.05, 3.63) is 56.5 Å². The number of aldehydes is 1. The monoisotopic (exact) mass is 380 g/mol. The number of carbonyl (C=O) groups is 1. The van der Waals surface area contributed by atoms with Crippen LogP contribution in [0.25, 0.3) is 0 Å². The fraction of sp³-hybridized carbons (Fsp3) is 0.235. The summed E-state index contributed by atoms with van der Waals surface area (Å²) in [6.45, 7) is 0. The molecule has 1 atom stereocenters. The molecule has 0 saturated carbocycles. The van der Waals surface area contributed by atoms with Gasteiger partial charge in [-0.3, -0.25) is 4.79 Å². The van der Waals surface area contributed by atoms with Crippen LogP contribution in [-0.2, 0) is 6.42 Å². The minimum Gasteiger partial charge on any atom is -0.496 e. The highest BCUT2D eigenvalue weighted by Gasteiger charge is 2.26. The number of hydrogen-bond acceptors (Lipinski definition) is 3. The maximum absolute atomic E-state index is 11.0. The van der Waals surface area contributed by atoms with Crippen LogP contribution in [-0.4, -0.2) is 13.4 Å². The molecule has 0 unspecified atom stereocenters. The van der Waals surface area contributed by atoms with Crippen molar-refractivity contribution < 1.29 is 14.3 Å². The standard InChI is InChI=1S/C17H14BrClO3/c1-21-16-8-17(14(19)7-10(16)9-20)22-15-6-5-11-12(15)3-2-4-13(11)18/h2-4,7-9,15H,5-6H2,1H3/t15-/m0/s1. The maximum atomic E-state index is 11.0. The summed E-state index contributed by atoms with van der Waals surface area (Å²) >= 11 is 9.80. The predicted molar refractivity (Wildman–Crippen MR) is 89.2 cm³/mol. The van der Waals surface area contributed by atoms with Crippen molar-refractivity contribution >= 4 is 33.8 Å². The predicted octanol–water partition coefficient (Wildman–Crippen LogP) is 4.99. The van der Waals surface area contributed by atoms with E-state index in [9.17, 15) is 4.79 Å². The zero-order chi connectivity index (χ0) is 15.7. The largest absolute Gasteiger partial charge is 0.496 e. The van der Waals surface area contributed by atoms with Gasteiger partial charge in [-0.15, -0.1) is 0 Å². The van der Waals surface area contributed by atoms with Gasteiger partial charge in [0.1, 0.15) is 17.6 Å². The average molecular weight is 382 g/mol. The number of hydrogen-bond donors (Lipinski definition) is 0.